The van der Waals surface area contributed by atoms with Crippen molar-refractivity contribution in [2.24, 2.45) is 0 Å². The van der Waals surface area contributed by atoms with Crippen LogP contribution in [0.2, 0.25) is 10.0 Å². The molecule has 3 heterocycles. The zero-order chi connectivity index (χ0) is 17.4. The molecule has 1 aliphatic rings. The number of halogens is 2. The highest BCUT2D eigenvalue weighted by molar-refractivity contribution is 6.36. The van der Waals surface area contributed by atoms with Crippen LogP contribution in [0.25, 0.3) is 11.5 Å². The van der Waals surface area contributed by atoms with Gasteiger partial charge in [-0.3, -0.25) is 14.3 Å². The summed E-state index contributed by atoms with van der Waals surface area (Å²) in [6.45, 7) is 0.415. The van der Waals surface area contributed by atoms with Crippen molar-refractivity contribution >= 4 is 29.1 Å². The Morgan fingerprint density at radius 1 is 1.16 bits per heavy atom. The summed E-state index contributed by atoms with van der Waals surface area (Å²) in [6.07, 6.45) is 5.25. The van der Waals surface area contributed by atoms with E-state index in [2.05, 4.69) is 25.5 Å². The molecule has 4 rings (SSSR count). The molecule has 1 aromatic carbocycles. The Kier molecular flexibility index (Phi) is 4.10. The highest BCUT2D eigenvalue weighted by Crippen LogP contribution is 2.31. The van der Waals surface area contributed by atoms with Crippen molar-refractivity contribution in [3.05, 3.63) is 58.2 Å². The molecule has 9 heteroatoms. The van der Waals surface area contributed by atoms with Gasteiger partial charge in [-0.25, -0.2) is 4.98 Å². The molecule has 0 saturated carbocycles. The first kappa shape index (κ1) is 16.0. The topological polar surface area (TPSA) is 85.6 Å². The van der Waals surface area contributed by atoms with Crippen molar-refractivity contribution < 1.29 is 4.79 Å². The van der Waals surface area contributed by atoms with Crippen LogP contribution in [0.1, 0.15) is 22.2 Å². The van der Waals surface area contributed by atoms with Crippen molar-refractivity contribution in [2.75, 3.05) is 6.54 Å². The number of carbonyl (C=O) groups excluding carboxylic acids is 1. The van der Waals surface area contributed by atoms with Crippen molar-refractivity contribution in [3.63, 3.8) is 0 Å². The van der Waals surface area contributed by atoms with E-state index >= 15 is 0 Å². The summed E-state index contributed by atoms with van der Waals surface area (Å²) in [4.78, 5) is 20.5. The molecule has 0 aliphatic carbocycles. The second-order valence-corrected chi connectivity index (χ2v) is 6.39. The average molecular weight is 375 g/mol. The van der Waals surface area contributed by atoms with Crippen LogP contribution >= 0.6 is 23.2 Å². The van der Waals surface area contributed by atoms with Crippen molar-refractivity contribution in [2.45, 2.75) is 12.5 Å². The highest BCUT2D eigenvalue weighted by atomic mass is 35.5. The Morgan fingerprint density at radius 3 is 2.64 bits per heavy atom. The number of benzene rings is 1. The lowest BCUT2D eigenvalue weighted by atomic mass is 10.0. The van der Waals surface area contributed by atoms with Gasteiger partial charge in [0.2, 0.25) is 5.82 Å². The fourth-order valence-corrected chi connectivity index (χ4v) is 3.44. The average Bonchev–Trinajstić information content (AvgIpc) is 3.07. The Labute approximate surface area is 153 Å². The molecule has 3 aromatic rings. The first-order chi connectivity index (χ1) is 12.1. The number of nitrogens with one attached hydrogen (secondary N) is 1. The number of nitrogens with zero attached hydrogens (tertiary/aromatic N) is 5. The van der Waals surface area contributed by atoms with E-state index in [0.717, 1.165) is 5.56 Å². The molecule has 0 saturated heterocycles. The largest absolute Gasteiger partial charge is 0.347 e. The Bertz CT molecular complexity index is 923. The molecule has 0 radical (unpaired) electrons. The number of hydrogen-bond acceptors (Lipinski definition) is 5. The summed E-state index contributed by atoms with van der Waals surface area (Å²) >= 11 is 12.6. The van der Waals surface area contributed by atoms with Crippen LogP contribution in [-0.2, 0) is 6.42 Å². The van der Waals surface area contributed by atoms with Gasteiger partial charge in [-0.15, -0.1) is 10.2 Å². The number of hydrogen-bond donors (Lipinski definition) is 1. The van der Waals surface area contributed by atoms with Gasteiger partial charge in [0.25, 0.3) is 5.91 Å². The van der Waals surface area contributed by atoms with E-state index in [1.54, 1.807) is 41.4 Å². The SMILES string of the molecule is O=C1NCC(Cc2c(Cl)cccc2Cl)n2c1nnc2-c1cnccn1. The number of rotatable bonds is 3. The molecule has 2 aromatic heterocycles. The third-order valence-corrected chi connectivity index (χ3v) is 4.76. The fraction of sp³-hybridized carbons (Fsp3) is 0.188. The maximum Gasteiger partial charge on any atom is 0.289 e. The molecule has 1 aliphatic heterocycles. The van der Waals surface area contributed by atoms with Gasteiger partial charge in [0.05, 0.1) is 12.2 Å². The van der Waals surface area contributed by atoms with Crippen LogP contribution in [0.4, 0.5) is 0 Å². The van der Waals surface area contributed by atoms with Gasteiger partial charge in [-0.2, -0.15) is 0 Å². The number of fused-ring (bicyclic) bond motifs is 1. The van der Waals surface area contributed by atoms with E-state index in [9.17, 15) is 4.79 Å². The second kappa shape index (κ2) is 6.42. The maximum atomic E-state index is 12.1. The predicted molar refractivity (Wildman–Crippen MR) is 92.6 cm³/mol. The second-order valence-electron chi connectivity index (χ2n) is 5.58. The molecule has 0 fully saturated rings. The van der Waals surface area contributed by atoms with Crippen LogP contribution in [0, 0.1) is 0 Å². The Balaban J connectivity index is 1.79. The van der Waals surface area contributed by atoms with Gasteiger partial charge in [-0.1, -0.05) is 29.3 Å². The number of carbonyl (C=O) groups is 1. The van der Waals surface area contributed by atoms with Gasteiger partial charge in [-0.05, 0) is 24.1 Å². The minimum absolute atomic E-state index is 0.142. The normalized spacial score (nSPS) is 16.4. The van der Waals surface area contributed by atoms with Gasteiger partial charge in [0, 0.05) is 29.0 Å². The van der Waals surface area contributed by atoms with Crippen LogP contribution < -0.4 is 5.32 Å². The lowest BCUT2D eigenvalue weighted by Crippen LogP contribution is -2.40. The monoisotopic (exact) mass is 374 g/mol. The van der Waals surface area contributed by atoms with E-state index in [4.69, 9.17) is 23.2 Å². The zero-order valence-corrected chi connectivity index (χ0v) is 14.4. The van der Waals surface area contributed by atoms with Crippen LogP contribution in [0.15, 0.2) is 36.8 Å². The summed E-state index contributed by atoms with van der Waals surface area (Å²) < 4.78 is 1.78. The summed E-state index contributed by atoms with van der Waals surface area (Å²) in [7, 11) is 0. The Morgan fingerprint density at radius 2 is 1.92 bits per heavy atom. The summed E-state index contributed by atoms with van der Waals surface area (Å²) in [5.74, 6) is 0.454. The van der Waals surface area contributed by atoms with E-state index in [0.29, 0.717) is 34.5 Å². The highest BCUT2D eigenvalue weighted by Gasteiger charge is 2.31. The van der Waals surface area contributed by atoms with E-state index < -0.39 is 0 Å². The van der Waals surface area contributed by atoms with Crippen molar-refractivity contribution in [3.8, 4) is 11.5 Å². The molecule has 126 valence electrons. The van der Waals surface area contributed by atoms with E-state index in [1.165, 1.54) is 0 Å². The number of aromatic nitrogens is 5. The van der Waals surface area contributed by atoms with Gasteiger partial charge < -0.3 is 5.32 Å². The third kappa shape index (κ3) is 2.85. The van der Waals surface area contributed by atoms with Gasteiger partial charge in [0.15, 0.2) is 5.82 Å². The molecule has 1 amide bonds. The quantitative estimate of drug-likeness (QED) is 0.761. The molecule has 1 atom stereocenters. The fourth-order valence-electron chi connectivity index (χ4n) is 2.89. The molecule has 7 nitrogen and oxygen atoms in total. The van der Waals surface area contributed by atoms with Crippen LogP contribution in [0.3, 0.4) is 0 Å². The van der Waals surface area contributed by atoms with Crippen LogP contribution in [0.5, 0.6) is 0 Å². The molecule has 25 heavy (non-hydrogen) atoms. The molecular formula is C16H12Cl2N6O. The minimum atomic E-state index is -0.274. The van der Waals surface area contributed by atoms with Crippen LogP contribution in [-0.4, -0.2) is 37.2 Å². The zero-order valence-electron chi connectivity index (χ0n) is 12.9. The Hall–Kier alpha value is -2.51. The van der Waals surface area contributed by atoms with Crippen molar-refractivity contribution in [1.29, 1.82) is 0 Å². The first-order valence-corrected chi connectivity index (χ1v) is 8.33. The van der Waals surface area contributed by atoms with Crippen molar-refractivity contribution in [1.82, 2.24) is 30.0 Å². The van der Waals surface area contributed by atoms with E-state index in [-0.39, 0.29) is 17.8 Å². The lowest BCUT2D eigenvalue weighted by Gasteiger charge is -2.26. The molecule has 1 unspecified atom stereocenters. The summed E-state index contributed by atoms with van der Waals surface area (Å²) in [6, 6.07) is 5.24. The van der Waals surface area contributed by atoms with Gasteiger partial charge >= 0.3 is 0 Å². The third-order valence-electron chi connectivity index (χ3n) is 4.06. The lowest BCUT2D eigenvalue weighted by molar-refractivity contribution is 0.0908. The smallest absolute Gasteiger partial charge is 0.289 e. The van der Waals surface area contributed by atoms with Gasteiger partial charge in [0.1, 0.15) is 5.69 Å². The molecule has 0 bridgehead atoms. The predicted octanol–water partition coefficient (Wildman–Crippen LogP) is 2.57. The van der Waals surface area contributed by atoms with E-state index in [1.807, 2.05) is 0 Å². The minimum Gasteiger partial charge on any atom is -0.347 e. The first-order valence-electron chi connectivity index (χ1n) is 7.57. The molecule has 0 spiro atoms. The summed E-state index contributed by atoms with van der Waals surface area (Å²) in [5, 5.41) is 12.2. The maximum absolute atomic E-state index is 12.1. The standard InChI is InChI=1S/C16H12Cl2N6O/c17-11-2-1-3-12(18)10(11)6-9-7-21-16(25)15-23-22-14(24(9)15)13-8-19-4-5-20-13/h1-5,8-9H,6-7H2,(H,21,25). The number of amides is 1. The molecular weight excluding hydrogens is 363 g/mol. The molecule has 1 N–H and O–H groups in total. The summed E-state index contributed by atoms with van der Waals surface area (Å²) in [5.41, 5.74) is 1.36.